The van der Waals surface area contributed by atoms with Gasteiger partial charge in [0, 0.05) is 25.2 Å². The van der Waals surface area contributed by atoms with Gasteiger partial charge in [0.15, 0.2) is 0 Å². The van der Waals surface area contributed by atoms with Crippen LogP contribution in [0.3, 0.4) is 0 Å². The maximum atomic E-state index is 11.0. The summed E-state index contributed by atoms with van der Waals surface area (Å²) in [6, 6.07) is 15.0. The molecule has 0 radical (unpaired) electrons. The first-order valence-corrected chi connectivity index (χ1v) is 14.7. The number of rotatable bonds is 14. The van der Waals surface area contributed by atoms with Crippen molar-refractivity contribution < 1.29 is 23.8 Å². The van der Waals surface area contributed by atoms with Crippen molar-refractivity contribution >= 4 is 71.3 Å². The number of hydrogen-bond acceptors (Lipinski definition) is 13. The summed E-state index contributed by atoms with van der Waals surface area (Å²) in [5.74, 6) is -0.125. The quantitative estimate of drug-likeness (QED) is 0.0616. The van der Waals surface area contributed by atoms with Crippen LogP contribution in [-0.4, -0.2) is 49.8 Å². The Labute approximate surface area is 251 Å². The van der Waals surface area contributed by atoms with Crippen molar-refractivity contribution in [3.63, 3.8) is 0 Å². The molecule has 0 amide bonds. The van der Waals surface area contributed by atoms with Gasteiger partial charge in [0.1, 0.15) is 35.4 Å². The lowest BCUT2D eigenvalue weighted by molar-refractivity contribution is -0.140. The van der Waals surface area contributed by atoms with Crippen LogP contribution in [0.5, 0.6) is 5.75 Å². The van der Waals surface area contributed by atoms with Gasteiger partial charge < -0.3 is 19.1 Å². The molecule has 2 aromatic carbocycles. The second-order valence-electron chi connectivity index (χ2n) is 8.75. The van der Waals surface area contributed by atoms with Crippen LogP contribution in [0.25, 0.3) is 9.53 Å². The molecule has 0 spiro atoms. The number of azo groups is 2. The largest absolute Gasteiger partial charge is 0.490 e. The molecular formula is C29H30N6O5S2. The molecule has 0 atom stereocenters. The predicted octanol–water partition coefficient (Wildman–Crippen LogP) is 7.99. The number of ether oxygens (including phenoxy) is 3. The normalized spacial score (nSPS) is 11.3. The van der Waals surface area contributed by atoms with Gasteiger partial charge in [0.05, 0.1) is 22.6 Å². The Kier molecular flexibility index (Phi) is 10.8. The molecule has 0 saturated carbocycles. The summed E-state index contributed by atoms with van der Waals surface area (Å²) >= 11 is 2.86. The van der Waals surface area contributed by atoms with E-state index in [1.165, 1.54) is 29.6 Å². The molecule has 13 heteroatoms. The SMILES string of the molecule is C=CC(=O)OCCOc1ccc(N=Nc2cc3sc(N=Nc4ccc(N(CC)CCOC(C)=O)cc4C)nc3s2)cc1. The summed E-state index contributed by atoms with van der Waals surface area (Å²) in [6.45, 7) is 10.9. The molecule has 0 aliphatic heterocycles. The maximum absolute atomic E-state index is 11.0. The molecule has 0 bridgehead atoms. The Morgan fingerprint density at radius 1 is 0.976 bits per heavy atom. The van der Waals surface area contributed by atoms with Crippen LogP contribution in [0.15, 0.2) is 81.6 Å². The standard InChI is InChI=1S/C29H30N6O5S2/c1-5-27(37)40-16-15-39-23-10-7-21(8-11-23)31-33-26-18-25-28(42-26)30-29(41-25)34-32-24-12-9-22(17-19(24)3)35(6-2)13-14-38-20(4)36/h5,7-12,17-18H,1,6,13-16H2,2-4H3. The zero-order valence-electron chi connectivity index (χ0n) is 23.5. The topological polar surface area (TPSA) is 127 Å². The number of fused-ring (bicyclic) bond motifs is 1. The zero-order chi connectivity index (χ0) is 29.9. The fraction of sp³-hybridized carbons (Fsp3) is 0.276. The minimum atomic E-state index is -0.481. The molecule has 0 saturated heterocycles. The number of nitrogens with zero attached hydrogens (tertiary/aromatic N) is 6. The van der Waals surface area contributed by atoms with Crippen LogP contribution < -0.4 is 9.64 Å². The molecule has 0 N–H and O–H groups in total. The van der Waals surface area contributed by atoms with E-state index in [0.717, 1.165) is 44.1 Å². The van der Waals surface area contributed by atoms with Crippen molar-refractivity contribution in [2.75, 3.05) is 37.8 Å². The average Bonchev–Trinajstić information content (AvgIpc) is 3.54. The molecule has 218 valence electrons. The number of carbonyl (C=O) groups is 2. The molecule has 0 unspecified atom stereocenters. The number of thiazole rings is 1. The number of likely N-dealkylation sites (N-methyl/N-ethyl adjacent to an activating group) is 1. The van der Waals surface area contributed by atoms with Gasteiger partial charge in [0.2, 0.25) is 5.13 Å². The summed E-state index contributed by atoms with van der Waals surface area (Å²) in [5, 5.41) is 18.7. The minimum Gasteiger partial charge on any atom is -0.490 e. The molecule has 2 aromatic heterocycles. The highest BCUT2D eigenvalue weighted by molar-refractivity contribution is 7.30. The first-order valence-electron chi connectivity index (χ1n) is 13.1. The van der Waals surface area contributed by atoms with Crippen LogP contribution in [0, 0.1) is 6.92 Å². The first-order chi connectivity index (χ1) is 20.3. The number of benzene rings is 2. The van der Waals surface area contributed by atoms with E-state index in [1.54, 1.807) is 24.3 Å². The van der Waals surface area contributed by atoms with Crippen LogP contribution in [0.4, 0.5) is 27.2 Å². The highest BCUT2D eigenvalue weighted by atomic mass is 32.1. The van der Waals surface area contributed by atoms with Crippen molar-refractivity contribution in [3.05, 3.63) is 66.7 Å². The monoisotopic (exact) mass is 606 g/mol. The molecule has 2 heterocycles. The summed E-state index contributed by atoms with van der Waals surface area (Å²) in [5.41, 5.74) is 3.45. The highest BCUT2D eigenvalue weighted by Crippen LogP contribution is 2.39. The van der Waals surface area contributed by atoms with Crippen LogP contribution in [0.2, 0.25) is 0 Å². The van der Waals surface area contributed by atoms with Crippen LogP contribution in [0.1, 0.15) is 19.4 Å². The van der Waals surface area contributed by atoms with Gasteiger partial charge in [-0.3, -0.25) is 4.79 Å². The van der Waals surface area contributed by atoms with Crippen molar-refractivity contribution in [2.24, 2.45) is 20.5 Å². The fourth-order valence-electron chi connectivity index (χ4n) is 3.70. The van der Waals surface area contributed by atoms with Crippen molar-refractivity contribution in [1.29, 1.82) is 0 Å². The number of carbonyl (C=O) groups excluding carboxylic acids is 2. The molecule has 0 aliphatic carbocycles. The van der Waals surface area contributed by atoms with Crippen molar-refractivity contribution in [3.8, 4) is 5.75 Å². The van der Waals surface area contributed by atoms with E-state index in [2.05, 4.69) is 43.8 Å². The Bertz CT molecular complexity index is 1560. The van der Waals surface area contributed by atoms with Gasteiger partial charge in [-0.2, -0.15) is 0 Å². The average molecular weight is 607 g/mol. The van der Waals surface area contributed by atoms with Gasteiger partial charge in [-0.25, -0.2) is 9.78 Å². The van der Waals surface area contributed by atoms with Crippen molar-refractivity contribution in [1.82, 2.24) is 4.98 Å². The number of anilines is 1. The minimum absolute atomic E-state index is 0.144. The van der Waals surface area contributed by atoms with Gasteiger partial charge in [-0.15, -0.1) is 20.5 Å². The smallest absolute Gasteiger partial charge is 0.330 e. The number of aryl methyl sites for hydroxylation is 1. The highest BCUT2D eigenvalue weighted by Gasteiger charge is 2.10. The lowest BCUT2D eigenvalue weighted by Crippen LogP contribution is -2.27. The first kappa shape index (κ1) is 30.5. The third-order valence-corrected chi connectivity index (χ3v) is 7.69. The number of hydrogen-bond donors (Lipinski definition) is 0. The van der Waals surface area contributed by atoms with E-state index < -0.39 is 5.97 Å². The maximum Gasteiger partial charge on any atom is 0.330 e. The molecular weight excluding hydrogens is 576 g/mol. The van der Waals surface area contributed by atoms with E-state index in [-0.39, 0.29) is 19.2 Å². The molecule has 4 rings (SSSR count). The van der Waals surface area contributed by atoms with E-state index in [4.69, 9.17) is 14.2 Å². The lowest BCUT2D eigenvalue weighted by atomic mass is 10.1. The summed E-state index contributed by atoms with van der Waals surface area (Å²) in [7, 11) is 0. The molecule has 4 aromatic rings. The third-order valence-electron chi connectivity index (χ3n) is 5.77. The Balaban J connectivity index is 1.32. The second-order valence-corrected chi connectivity index (χ2v) is 10.8. The molecule has 0 fully saturated rings. The van der Waals surface area contributed by atoms with Gasteiger partial charge >= 0.3 is 11.9 Å². The van der Waals surface area contributed by atoms with E-state index >= 15 is 0 Å². The second kappa shape index (κ2) is 14.9. The zero-order valence-corrected chi connectivity index (χ0v) is 25.1. The molecule has 11 nitrogen and oxygen atoms in total. The molecule has 0 aliphatic rings. The lowest BCUT2D eigenvalue weighted by Gasteiger charge is -2.23. The Morgan fingerprint density at radius 3 is 2.48 bits per heavy atom. The van der Waals surface area contributed by atoms with Gasteiger partial charge in [-0.1, -0.05) is 29.3 Å². The summed E-state index contributed by atoms with van der Waals surface area (Å²) in [6.07, 6.45) is 1.11. The van der Waals surface area contributed by atoms with Crippen LogP contribution >= 0.6 is 22.7 Å². The van der Waals surface area contributed by atoms with Gasteiger partial charge in [0.25, 0.3) is 0 Å². The molecule has 42 heavy (non-hydrogen) atoms. The van der Waals surface area contributed by atoms with E-state index in [1.807, 2.05) is 31.2 Å². The van der Waals surface area contributed by atoms with Crippen LogP contribution in [-0.2, 0) is 19.1 Å². The summed E-state index contributed by atoms with van der Waals surface area (Å²) in [4.78, 5) is 29.6. The number of aromatic nitrogens is 1. The summed E-state index contributed by atoms with van der Waals surface area (Å²) < 4.78 is 16.4. The van der Waals surface area contributed by atoms with E-state index in [0.29, 0.717) is 29.7 Å². The number of thiophene rings is 1. The third kappa shape index (κ3) is 8.75. The fourth-order valence-corrected chi connectivity index (χ4v) is 5.54. The van der Waals surface area contributed by atoms with Crippen molar-refractivity contribution in [2.45, 2.75) is 20.8 Å². The Hall–Kier alpha value is -4.49. The Morgan fingerprint density at radius 2 is 1.79 bits per heavy atom. The number of esters is 2. The van der Waals surface area contributed by atoms with Gasteiger partial charge in [-0.05, 0) is 67.9 Å². The predicted molar refractivity (Wildman–Crippen MR) is 165 cm³/mol. The van der Waals surface area contributed by atoms with E-state index in [9.17, 15) is 9.59 Å².